The highest BCUT2D eigenvalue weighted by atomic mass is 19.1. The molecule has 2 aromatic rings. The summed E-state index contributed by atoms with van der Waals surface area (Å²) in [6, 6.07) is 8.43. The van der Waals surface area contributed by atoms with Crippen molar-refractivity contribution in [3.05, 3.63) is 59.4 Å². The second kappa shape index (κ2) is 7.69. The van der Waals surface area contributed by atoms with Crippen LogP contribution >= 0.6 is 0 Å². The van der Waals surface area contributed by atoms with E-state index in [0.29, 0.717) is 5.92 Å². The summed E-state index contributed by atoms with van der Waals surface area (Å²) in [7, 11) is 0. The molecule has 0 saturated heterocycles. The Bertz CT molecular complexity index is 790. The third-order valence-electron chi connectivity index (χ3n) is 6.95. The van der Waals surface area contributed by atoms with E-state index in [-0.39, 0.29) is 17.0 Å². The summed E-state index contributed by atoms with van der Waals surface area (Å²) in [6.07, 6.45) is 8.37. The molecule has 3 heteroatoms. The zero-order chi connectivity index (χ0) is 19.0. The second-order valence-corrected chi connectivity index (χ2v) is 8.49. The summed E-state index contributed by atoms with van der Waals surface area (Å²) >= 11 is 0. The third kappa shape index (κ3) is 3.79. The first-order chi connectivity index (χ1) is 13.0. The standard InChI is InChI=1S/C24H27F3/c1-2-15-6-7-17-11-18(9-8-16(17)10-15)20-13-22(26)24(23(27)14-20)19-4-3-5-21(25)12-19/h3-5,12-18H,2,6-11H2,1H3/t15?,16-,17-,18-/m1/s1. The molecular weight excluding hydrogens is 345 g/mol. The van der Waals surface area contributed by atoms with E-state index in [0.717, 1.165) is 30.2 Å². The number of benzene rings is 2. The van der Waals surface area contributed by atoms with Crippen molar-refractivity contribution in [2.75, 3.05) is 0 Å². The number of rotatable bonds is 3. The second-order valence-electron chi connectivity index (χ2n) is 8.49. The van der Waals surface area contributed by atoms with Crippen LogP contribution in [-0.2, 0) is 0 Å². The Morgan fingerprint density at radius 2 is 1.56 bits per heavy atom. The summed E-state index contributed by atoms with van der Waals surface area (Å²) in [5.41, 5.74) is 0.884. The predicted molar refractivity (Wildman–Crippen MR) is 103 cm³/mol. The summed E-state index contributed by atoms with van der Waals surface area (Å²) < 4.78 is 43.0. The van der Waals surface area contributed by atoms with Gasteiger partial charge in [0.15, 0.2) is 0 Å². The Kier molecular flexibility index (Phi) is 5.29. The molecule has 2 saturated carbocycles. The Morgan fingerprint density at radius 3 is 2.26 bits per heavy atom. The zero-order valence-electron chi connectivity index (χ0n) is 15.9. The smallest absolute Gasteiger partial charge is 0.134 e. The first-order valence-corrected chi connectivity index (χ1v) is 10.3. The lowest BCUT2D eigenvalue weighted by molar-refractivity contribution is 0.116. The van der Waals surface area contributed by atoms with Gasteiger partial charge in [-0.2, -0.15) is 0 Å². The van der Waals surface area contributed by atoms with Gasteiger partial charge in [-0.1, -0.05) is 31.9 Å². The fraction of sp³-hybridized carbons (Fsp3) is 0.500. The Labute approximate surface area is 159 Å². The highest BCUT2D eigenvalue weighted by molar-refractivity contribution is 5.65. The maximum absolute atomic E-state index is 14.8. The molecule has 4 rings (SSSR count). The van der Waals surface area contributed by atoms with Crippen LogP contribution in [0, 0.1) is 35.2 Å². The van der Waals surface area contributed by atoms with Crippen LogP contribution in [0.25, 0.3) is 11.1 Å². The van der Waals surface area contributed by atoms with Gasteiger partial charge in [-0.05, 0) is 91.2 Å². The van der Waals surface area contributed by atoms with Gasteiger partial charge in [0.25, 0.3) is 0 Å². The monoisotopic (exact) mass is 372 g/mol. The van der Waals surface area contributed by atoms with Crippen molar-refractivity contribution in [3.8, 4) is 11.1 Å². The minimum atomic E-state index is -0.590. The van der Waals surface area contributed by atoms with Gasteiger partial charge in [0, 0.05) is 0 Å². The molecule has 2 aliphatic carbocycles. The van der Waals surface area contributed by atoms with Crippen molar-refractivity contribution in [2.45, 2.75) is 57.8 Å². The van der Waals surface area contributed by atoms with Crippen LogP contribution in [0.5, 0.6) is 0 Å². The Hall–Kier alpha value is -1.77. The quantitative estimate of drug-likeness (QED) is 0.524. The van der Waals surface area contributed by atoms with E-state index in [2.05, 4.69) is 6.92 Å². The van der Waals surface area contributed by atoms with Crippen molar-refractivity contribution in [2.24, 2.45) is 17.8 Å². The molecule has 0 aliphatic heterocycles. The molecule has 2 aliphatic rings. The summed E-state index contributed by atoms with van der Waals surface area (Å²) in [5.74, 6) is 0.913. The lowest BCUT2D eigenvalue weighted by Crippen LogP contribution is -2.30. The van der Waals surface area contributed by atoms with Gasteiger partial charge >= 0.3 is 0 Å². The molecule has 2 aromatic carbocycles. The van der Waals surface area contributed by atoms with Gasteiger partial charge in [0.1, 0.15) is 17.5 Å². The Balaban J connectivity index is 1.55. The zero-order valence-corrected chi connectivity index (χ0v) is 15.9. The van der Waals surface area contributed by atoms with Gasteiger partial charge in [-0.25, -0.2) is 13.2 Å². The SMILES string of the molecule is CCC1CC[C@@H]2C[C@H](c3cc(F)c(-c4cccc(F)c4)c(F)c3)CC[C@@H]2C1. The average molecular weight is 372 g/mol. The fourth-order valence-corrected chi connectivity index (χ4v) is 5.41. The topological polar surface area (TPSA) is 0 Å². The van der Waals surface area contributed by atoms with Gasteiger partial charge in [-0.15, -0.1) is 0 Å². The maximum atomic E-state index is 14.8. The molecule has 0 nitrogen and oxygen atoms in total. The van der Waals surface area contributed by atoms with E-state index in [1.54, 1.807) is 6.07 Å². The van der Waals surface area contributed by atoms with Crippen LogP contribution in [0.1, 0.15) is 63.4 Å². The summed E-state index contributed by atoms with van der Waals surface area (Å²) in [4.78, 5) is 0. The van der Waals surface area contributed by atoms with E-state index in [9.17, 15) is 13.2 Å². The van der Waals surface area contributed by atoms with Crippen LogP contribution in [0.2, 0.25) is 0 Å². The number of halogens is 3. The van der Waals surface area contributed by atoms with E-state index >= 15 is 0 Å². The molecule has 0 bridgehead atoms. The number of hydrogen-bond donors (Lipinski definition) is 0. The fourth-order valence-electron chi connectivity index (χ4n) is 5.41. The minimum Gasteiger partial charge on any atom is -0.207 e. The van der Waals surface area contributed by atoms with Crippen molar-refractivity contribution in [1.29, 1.82) is 0 Å². The van der Waals surface area contributed by atoms with Crippen molar-refractivity contribution < 1.29 is 13.2 Å². The van der Waals surface area contributed by atoms with Crippen LogP contribution < -0.4 is 0 Å². The van der Waals surface area contributed by atoms with Crippen LogP contribution in [0.4, 0.5) is 13.2 Å². The number of hydrogen-bond acceptors (Lipinski definition) is 0. The number of fused-ring (bicyclic) bond motifs is 1. The molecule has 4 atom stereocenters. The molecule has 0 radical (unpaired) electrons. The molecular formula is C24H27F3. The minimum absolute atomic E-state index is 0.129. The van der Waals surface area contributed by atoms with E-state index in [1.165, 1.54) is 62.4 Å². The molecule has 2 fully saturated rings. The molecule has 0 spiro atoms. The summed E-state index contributed by atoms with van der Waals surface area (Å²) in [6.45, 7) is 2.28. The molecule has 0 N–H and O–H groups in total. The van der Waals surface area contributed by atoms with Gasteiger partial charge < -0.3 is 0 Å². The van der Waals surface area contributed by atoms with Crippen LogP contribution in [0.3, 0.4) is 0 Å². The molecule has 0 amide bonds. The van der Waals surface area contributed by atoms with E-state index in [1.807, 2.05) is 0 Å². The van der Waals surface area contributed by atoms with Crippen LogP contribution in [0.15, 0.2) is 36.4 Å². The molecule has 27 heavy (non-hydrogen) atoms. The highest BCUT2D eigenvalue weighted by Gasteiger charge is 2.35. The van der Waals surface area contributed by atoms with Gasteiger partial charge in [-0.3, -0.25) is 0 Å². The van der Waals surface area contributed by atoms with Crippen molar-refractivity contribution >= 4 is 0 Å². The molecule has 0 aromatic heterocycles. The first-order valence-electron chi connectivity index (χ1n) is 10.3. The lowest BCUT2D eigenvalue weighted by atomic mass is 9.63. The molecule has 144 valence electrons. The average Bonchev–Trinajstić information content (AvgIpc) is 2.66. The van der Waals surface area contributed by atoms with Gasteiger partial charge in [0.05, 0.1) is 5.56 Å². The van der Waals surface area contributed by atoms with E-state index < -0.39 is 17.5 Å². The first kappa shape index (κ1) is 18.6. The largest absolute Gasteiger partial charge is 0.207 e. The normalized spacial score (nSPS) is 28.0. The van der Waals surface area contributed by atoms with Crippen molar-refractivity contribution in [1.82, 2.24) is 0 Å². The lowest BCUT2D eigenvalue weighted by Gasteiger charge is -2.42. The van der Waals surface area contributed by atoms with Crippen molar-refractivity contribution in [3.63, 3.8) is 0 Å². The maximum Gasteiger partial charge on any atom is 0.134 e. The van der Waals surface area contributed by atoms with Gasteiger partial charge in [0.2, 0.25) is 0 Å². The molecule has 1 unspecified atom stereocenters. The Morgan fingerprint density at radius 1 is 0.852 bits per heavy atom. The highest BCUT2D eigenvalue weighted by Crippen LogP contribution is 2.48. The molecule has 0 heterocycles. The third-order valence-corrected chi connectivity index (χ3v) is 6.95. The predicted octanol–water partition coefficient (Wildman–Crippen LogP) is 7.48. The van der Waals surface area contributed by atoms with E-state index in [4.69, 9.17) is 0 Å². The summed E-state index contributed by atoms with van der Waals surface area (Å²) in [5, 5.41) is 0. The van der Waals surface area contributed by atoms with Crippen LogP contribution in [-0.4, -0.2) is 0 Å².